The van der Waals surface area contributed by atoms with E-state index in [1.807, 2.05) is 23.0 Å². The summed E-state index contributed by atoms with van der Waals surface area (Å²) in [5, 5.41) is 15.8. The number of carboxylic acids is 1. The molecule has 8 heteroatoms. The summed E-state index contributed by atoms with van der Waals surface area (Å²) in [6.07, 6.45) is 9.52. The maximum absolute atomic E-state index is 12.1. The third-order valence-electron chi connectivity index (χ3n) is 7.53. The molecule has 1 N–H and O–H groups in total. The molecule has 186 valence electrons. The average molecular weight is 478 g/mol. The van der Waals surface area contributed by atoms with Crippen molar-refractivity contribution in [3.8, 4) is 11.1 Å². The van der Waals surface area contributed by atoms with Gasteiger partial charge >= 0.3 is 5.97 Å². The molecule has 0 atom stereocenters. The fraction of sp³-hybridized carbons (Fsp3) is 0.556. The van der Waals surface area contributed by atoms with Crippen molar-refractivity contribution in [2.24, 2.45) is 0 Å². The molecule has 4 heterocycles. The number of carbonyl (C=O) groups is 1. The van der Waals surface area contributed by atoms with Gasteiger partial charge in [0.2, 0.25) is 0 Å². The van der Waals surface area contributed by atoms with Gasteiger partial charge < -0.3 is 14.7 Å². The number of aromatic carboxylic acids is 1. The van der Waals surface area contributed by atoms with Crippen molar-refractivity contribution in [1.82, 2.24) is 19.7 Å². The maximum Gasteiger partial charge on any atom is 0.354 e. The van der Waals surface area contributed by atoms with Crippen LogP contribution in [0.3, 0.4) is 0 Å². The Balaban J connectivity index is 1.61. The molecule has 0 radical (unpaired) electrons. The van der Waals surface area contributed by atoms with E-state index >= 15 is 0 Å². The highest BCUT2D eigenvalue weighted by Crippen LogP contribution is 2.38. The molecule has 0 amide bonds. The van der Waals surface area contributed by atoms with Gasteiger partial charge in [-0.15, -0.1) is 0 Å². The Hall–Kier alpha value is -3.00. The molecule has 1 aliphatic heterocycles. The molecule has 3 aromatic rings. The summed E-state index contributed by atoms with van der Waals surface area (Å²) >= 11 is 0. The van der Waals surface area contributed by atoms with Gasteiger partial charge in [0, 0.05) is 38.1 Å². The Morgan fingerprint density at radius 3 is 2.51 bits per heavy atom. The molecule has 8 nitrogen and oxygen atoms in total. The largest absolute Gasteiger partial charge is 0.477 e. The number of hydrogen-bond donors (Lipinski definition) is 1. The van der Waals surface area contributed by atoms with E-state index in [-0.39, 0.29) is 17.7 Å². The van der Waals surface area contributed by atoms with E-state index in [4.69, 9.17) is 14.8 Å². The van der Waals surface area contributed by atoms with Gasteiger partial charge in [-0.25, -0.2) is 19.4 Å². The minimum atomic E-state index is -1.03. The van der Waals surface area contributed by atoms with Gasteiger partial charge in [0.25, 0.3) is 0 Å². The van der Waals surface area contributed by atoms with Crippen LogP contribution in [0, 0.1) is 0 Å². The van der Waals surface area contributed by atoms with Crippen LogP contribution in [0.25, 0.3) is 22.2 Å². The number of hydrogen-bond acceptors (Lipinski definition) is 6. The lowest BCUT2D eigenvalue weighted by Crippen LogP contribution is -2.37. The minimum absolute atomic E-state index is 0.0446. The number of pyridine rings is 2. The van der Waals surface area contributed by atoms with Crippen LogP contribution in [0.5, 0.6) is 0 Å². The number of carboxylic acid groups (broad SMARTS) is 1. The molecule has 0 unspecified atom stereocenters. The van der Waals surface area contributed by atoms with Crippen LogP contribution in [0.1, 0.15) is 86.9 Å². The predicted octanol–water partition coefficient (Wildman–Crippen LogP) is 5.44. The molecular weight excluding hydrogens is 442 g/mol. The molecule has 5 rings (SSSR count). The van der Waals surface area contributed by atoms with E-state index in [9.17, 15) is 9.90 Å². The lowest BCUT2D eigenvalue weighted by molar-refractivity contribution is 0.0690. The van der Waals surface area contributed by atoms with Gasteiger partial charge in [-0.05, 0) is 55.4 Å². The van der Waals surface area contributed by atoms with Crippen LogP contribution in [-0.2, 0) is 4.74 Å². The molecule has 0 bridgehead atoms. The first kappa shape index (κ1) is 23.7. The van der Waals surface area contributed by atoms with E-state index in [2.05, 4.69) is 30.8 Å². The molecule has 1 saturated heterocycles. The Kier molecular flexibility index (Phi) is 6.73. The third-order valence-corrected chi connectivity index (χ3v) is 7.53. The normalized spacial score (nSPS) is 17.8. The molecule has 3 aromatic heterocycles. The van der Waals surface area contributed by atoms with Gasteiger partial charge in [0.1, 0.15) is 5.82 Å². The molecular formula is C27H35N5O3. The van der Waals surface area contributed by atoms with Crippen molar-refractivity contribution in [3.63, 3.8) is 0 Å². The first-order chi connectivity index (χ1) is 16.9. The first-order valence-electron chi connectivity index (χ1n) is 12.9. The monoisotopic (exact) mass is 477 g/mol. The Labute approximate surface area is 206 Å². The zero-order valence-corrected chi connectivity index (χ0v) is 20.9. The second-order valence-corrected chi connectivity index (χ2v) is 10.2. The van der Waals surface area contributed by atoms with Crippen LogP contribution in [0.15, 0.2) is 24.4 Å². The highest BCUT2D eigenvalue weighted by molar-refractivity contribution is 5.99. The van der Waals surface area contributed by atoms with Crippen LogP contribution < -0.4 is 4.90 Å². The molecule has 0 aromatic carbocycles. The maximum atomic E-state index is 12.1. The van der Waals surface area contributed by atoms with Gasteiger partial charge in [-0.3, -0.25) is 0 Å². The first-order valence-corrected chi connectivity index (χ1v) is 12.9. The summed E-state index contributed by atoms with van der Waals surface area (Å²) in [7, 11) is 2.08. The lowest BCUT2D eigenvalue weighted by Gasteiger charge is -2.32. The Morgan fingerprint density at radius 1 is 1.14 bits per heavy atom. The predicted molar refractivity (Wildman–Crippen MR) is 136 cm³/mol. The van der Waals surface area contributed by atoms with Crippen molar-refractivity contribution in [1.29, 1.82) is 0 Å². The smallest absolute Gasteiger partial charge is 0.354 e. The molecule has 1 saturated carbocycles. The molecule has 0 spiro atoms. The van der Waals surface area contributed by atoms with Crippen molar-refractivity contribution in [2.45, 2.75) is 76.8 Å². The van der Waals surface area contributed by atoms with Gasteiger partial charge in [-0.1, -0.05) is 33.1 Å². The SMILES string of the molecule is CC(C)c1nn(C2CCCCC2)c2nc(C(=O)O)cc(-c3ccc(N(C)C4CCOCC4)nc3)c12. The Bertz CT molecular complexity index is 1190. The van der Waals surface area contributed by atoms with E-state index < -0.39 is 5.97 Å². The summed E-state index contributed by atoms with van der Waals surface area (Å²) < 4.78 is 7.52. The summed E-state index contributed by atoms with van der Waals surface area (Å²) in [5.74, 6) is 0.0660. The number of rotatable bonds is 6. The average Bonchev–Trinajstić information content (AvgIpc) is 3.29. The van der Waals surface area contributed by atoms with Crippen molar-refractivity contribution >= 4 is 22.8 Å². The van der Waals surface area contributed by atoms with Gasteiger partial charge in [0.05, 0.1) is 17.1 Å². The van der Waals surface area contributed by atoms with Crippen LogP contribution in [-0.4, -0.2) is 57.1 Å². The summed E-state index contributed by atoms with van der Waals surface area (Å²) in [6, 6.07) is 6.42. The molecule has 35 heavy (non-hydrogen) atoms. The van der Waals surface area contributed by atoms with Crippen molar-refractivity contribution < 1.29 is 14.6 Å². The highest BCUT2D eigenvalue weighted by atomic mass is 16.5. The van der Waals surface area contributed by atoms with Crippen LogP contribution >= 0.6 is 0 Å². The summed E-state index contributed by atoms with van der Waals surface area (Å²) in [6.45, 7) is 5.82. The second kappa shape index (κ2) is 9.93. The second-order valence-electron chi connectivity index (χ2n) is 10.2. The van der Waals surface area contributed by atoms with E-state index in [1.165, 1.54) is 19.3 Å². The lowest BCUT2D eigenvalue weighted by atomic mass is 9.95. The highest BCUT2D eigenvalue weighted by Gasteiger charge is 2.27. The van der Waals surface area contributed by atoms with E-state index in [0.29, 0.717) is 11.7 Å². The van der Waals surface area contributed by atoms with Crippen molar-refractivity contribution in [2.75, 3.05) is 25.2 Å². The minimum Gasteiger partial charge on any atom is -0.477 e. The van der Waals surface area contributed by atoms with E-state index in [0.717, 1.165) is 66.9 Å². The fourth-order valence-corrected chi connectivity index (χ4v) is 5.50. The summed E-state index contributed by atoms with van der Waals surface area (Å²) in [5.41, 5.74) is 3.41. The van der Waals surface area contributed by atoms with Crippen molar-refractivity contribution in [3.05, 3.63) is 35.8 Å². The van der Waals surface area contributed by atoms with Gasteiger partial charge in [-0.2, -0.15) is 5.10 Å². The quantitative estimate of drug-likeness (QED) is 0.505. The number of anilines is 1. The Morgan fingerprint density at radius 2 is 1.89 bits per heavy atom. The topological polar surface area (TPSA) is 93.4 Å². The molecule has 2 aliphatic rings. The number of nitrogens with zero attached hydrogens (tertiary/aromatic N) is 5. The standard InChI is InChI=1S/C27H35N5O3/c1-17(2)25-24-21(18-9-10-23(28-16-18)31(3)19-11-13-35-14-12-19)15-22(27(33)34)29-26(24)32(30-25)20-7-5-4-6-8-20/h9-10,15-17,19-20H,4-8,11-14H2,1-3H3,(H,33,34). The van der Waals surface area contributed by atoms with E-state index in [1.54, 1.807) is 6.07 Å². The van der Waals surface area contributed by atoms with Gasteiger partial charge in [0.15, 0.2) is 11.3 Å². The number of fused-ring (bicyclic) bond motifs is 1. The molecule has 2 fully saturated rings. The zero-order chi connectivity index (χ0) is 24.5. The van der Waals surface area contributed by atoms with Crippen LogP contribution in [0.2, 0.25) is 0 Å². The zero-order valence-electron chi connectivity index (χ0n) is 20.9. The molecule has 1 aliphatic carbocycles. The third kappa shape index (κ3) is 4.63. The number of aromatic nitrogens is 4. The van der Waals surface area contributed by atoms with Crippen LogP contribution in [0.4, 0.5) is 5.82 Å². The fourth-order valence-electron chi connectivity index (χ4n) is 5.50. The number of ether oxygens (including phenoxy) is 1. The summed E-state index contributed by atoms with van der Waals surface area (Å²) in [4.78, 5) is 23.6.